The highest BCUT2D eigenvalue weighted by Crippen LogP contribution is 2.24. The Kier molecular flexibility index (Phi) is 5.70. The summed E-state index contributed by atoms with van der Waals surface area (Å²) in [4.78, 5) is 16.1. The van der Waals surface area contributed by atoms with Gasteiger partial charge in [0.2, 0.25) is 0 Å². The van der Waals surface area contributed by atoms with Crippen molar-refractivity contribution >= 4 is 23.2 Å². The summed E-state index contributed by atoms with van der Waals surface area (Å²) < 4.78 is 12.4. The Morgan fingerprint density at radius 1 is 1.15 bits per heavy atom. The van der Waals surface area contributed by atoms with Gasteiger partial charge in [-0.05, 0) is 49.4 Å². The van der Waals surface area contributed by atoms with Crippen molar-refractivity contribution in [2.75, 3.05) is 18.5 Å². The molecule has 3 rings (SSSR count). The maximum absolute atomic E-state index is 12.2. The number of carbonyl (C=O) groups is 1. The Balaban J connectivity index is 1.64. The number of benzene rings is 2. The minimum Gasteiger partial charge on any atom is -0.494 e. The summed E-state index contributed by atoms with van der Waals surface area (Å²) in [5, 5.41) is 7.35. The zero-order chi connectivity index (χ0) is 18.4. The van der Waals surface area contributed by atoms with Crippen molar-refractivity contribution in [1.29, 1.82) is 0 Å². The van der Waals surface area contributed by atoms with Crippen LogP contribution in [0, 0.1) is 0 Å². The monoisotopic (exact) mass is 372 g/mol. The molecule has 1 aromatic heterocycles. The van der Waals surface area contributed by atoms with Crippen molar-refractivity contribution in [2.24, 2.45) is 0 Å². The van der Waals surface area contributed by atoms with Crippen molar-refractivity contribution in [1.82, 2.24) is 14.8 Å². The molecule has 0 aliphatic heterocycles. The molecule has 8 heteroatoms. The molecule has 0 unspecified atom stereocenters. The first-order valence-electron chi connectivity index (χ1n) is 7.96. The van der Waals surface area contributed by atoms with Crippen LogP contribution in [0.4, 0.5) is 5.69 Å². The molecule has 0 aliphatic rings. The quantitative estimate of drug-likeness (QED) is 0.688. The van der Waals surface area contributed by atoms with Gasteiger partial charge in [0.25, 0.3) is 5.91 Å². The van der Waals surface area contributed by atoms with Gasteiger partial charge in [0.15, 0.2) is 6.61 Å². The normalized spacial score (nSPS) is 10.4. The molecule has 134 valence electrons. The first kappa shape index (κ1) is 17.8. The molecule has 26 heavy (non-hydrogen) atoms. The zero-order valence-corrected chi connectivity index (χ0v) is 14.8. The van der Waals surface area contributed by atoms with Crippen LogP contribution in [0.1, 0.15) is 6.92 Å². The van der Waals surface area contributed by atoms with E-state index in [1.54, 1.807) is 47.1 Å². The Bertz CT molecular complexity index is 867. The summed E-state index contributed by atoms with van der Waals surface area (Å²) in [6.45, 7) is 2.37. The molecule has 7 nitrogen and oxygen atoms in total. The van der Waals surface area contributed by atoms with Gasteiger partial charge in [-0.2, -0.15) is 5.10 Å². The molecule has 0 aliphatic carbocycles. The number of rotatable bonds is 7. The van der Waals surface area contributed by atoms with Crippen LogP contribution in [0.25, 0.3) is 5.69 Å². The number of nitrogens with one attached hydrogen (secondary N) is 1. The average Bonchev–Trinajstić information content (AvgIpc) is 3.16. The fraction of sp³-hybridized carbons (Fsp3) is 0.167. The molecule has 2 aromatic carbocycles. The molecule has 0 radical (unpaired) electrons. The fourth-order valence-electron chi connectivity index (χ4n) is 2.27. The predicted molar refractivity (Wildman–Crippen MR) is 98.1 cm³/mol. The van der Waals surface area contributed by atoms with Gasteiger partial charge >= 0.3 is 0 Å². The number of hydrogen-bond acceptors (Lipinski definition) is 5. The van der Waals surface area contributed by atoms with Crippen molar-refractivity contribution in [3.63, 3.8) is 0 Å². The third-order valence-corrected chi connectivity index (χ3v) is 3.64. The number of ether oxygens (including phenoxy) is 2. The van der Waals surface area contributed by atoms with Gasteiger partial charge in [-0.1, -0.05) is 11.6 Å². The van der Waals surface area contributed by atoms with E-state index in [1.165, 1.54) is 12.7 Å². The lowest BCUT2D eigenvalue weighted by molar-refractivity contribution is -0.118. The van der Waals surface area contributed by atoms with Crippen molar-refractivity contribution in [3.8, 4) is 17.2 Å². The van der Waals surface area contributed by atoms with Gasteiger partial charge in [0.1, 0.15) is 24.2 Å². The molecule has 1 amide bonds. The zero-order valence-electron chi connectivity index (χ0n) is 14.1. The maximum atomic E-state index is 12.2. The van der Waals surface area contributed by atoms with Gasteiger partial charge in [0.05, 0.1) is 18.0 Å². The van der Waals surface area contributed by atoms with Crippen LogP contribution >= 0.6 is 11.6 Å². The van der Waals surface area contributed by atoms with E-state index in [1.807, 2.05) is 6.92 Å². The largest absolute Gasteiger partial charge is 0.494 e. The number of halogens is 1. The summed E-state index contributed by atoms with van der Waals surface area (Å²) in [7, 11) is 0. The van der Waals surface area contributed by atoms with Gasteiger partial charge < -0.3 is 14.8 Å². The molecule has 0 fully saturated rings. The van der Waals surface area contributed by atoms with Crippen LogP contribution in [0.3, 0.4) is 0 Å². The summed E-state index contributed by atoms with van der Waals surface area (Å²) in [5.74, 6) is 1.01. The second-order valence-electron chi connectivity index (χ2n) is 5.24. The van der Waals surface area contributed by atoms with Gasteiger partial charge in [-0.3, -0.25) is 4.79 Å². The standard InChI is InChI=1S/C18H17ClN4O3/c1-2-25-14-4-6-15(7-5-14)26-10-18(24)22-16-9-13(19)3-8-17(16)23-12-20-11-21-23/h3-9,11-12H,2,10H2,1H3,(H,22,24). The van der Waals surface area contributed by atoms with Crippen molar-refractivity contribution < 1.29 is 14.3 Å². The van der Waals surface area contributed by atoms with Crippen molar-refractivity contribution in [2.45, 2.75) is 6.92 Å². The van der Waals surface area contributed by atoms with E-state index in [4.69, 9.17) is 21.1 Å². The predicted octanol–water partition coefficient (Wildman–Crippen LogP) is 3.34. The number of amides is 1. The minimum atomic E-state index is -0.317. The summed E-state index contributed by atoms with van der Waals surface area (Å²) >= 11 is 6.04. The highest BCUT2D eigenvalue weighted by Gasteiger charge is 2.11. The van der Waals surface area contributed by atoms with E-state index >= 15 is 0 Å². The van der Waals surface area contributed by atoms with Crippen LogP contribution in [0.15, 0.2) is 55.1 Å². The molecule has 0 saturated carbocycles. The number of hydrogen-bond donors (Lipinski definition) is 1. The van der Waals surface area contributed by atoms with Crippen LogP contribution < -0.4 is 14.8 Å². The topological polar surface area (TPSA) is 78.3 Å². The molecule has 1 N–H and O–H groups in total. The molecule has 0 saturated heterocycles. The Hall–Kier alpha value is -3.06. The Morgan fingerprint density at radius 3 is 2.54 bits per heavy atom. The highest BCUT2D eigenvalue weighted by atomic mass is 35.5. The number of anilines is 1. The second-order valence-corrected chi connectivity index (χ2v) is 5.68. The second kappa shape index (κ2) is 8.35. The number of nitrogens with zero attached hydrogens (tertiary/aromatic N) is 3. The summed E-state index contributed by atoms with van der Waals surface area (Å²) in [5.41, 5.74) is 1.17. The molecule has 0 spiro atoms. The molecule has 1 heterocycles. The number of carbonyl (C=O) groups excluding carboxylic acids is 1. The van der Waals surface area contributed by atoms with Gasteiger partial charge in [-0.25, -0.2) is 9.67 Å². The summed E-state index contributed by atoms with van der Waals surface area (Å²) in [6.07, 6.45) is 2.95. The molecule has 3 aromatic rings. The van der Waals surface area contributed by atoms with E-state index in [2.05, 4.69) is 15.4 Å². The lowest BCUT2D eigenvalue weighted by Crippen LogP contribution is -2.21. The van der Waals surface area contributed by atoms with Crippen LogP contribution in [-0.4, -0.2) is 33.9 Å². The van der Waals surface area contributed by atoms with E-state index in [9.17, 15) is 4.79 Å². The molecular formula is C18H17ClN4O3. The van der Waals surface area contributed by atoms with Crippen molar-refractivity contribution in [3.05, 3.63) is 60.1 Å². The van der Waals surface area contributed by atoms with Crippen LogP contribution in [0.2, 0.25) is 5.02 Å². The van der Waals surface area contributed by atoms with E-state index in [0.29, 0.717) is 28.8 Å². The van der Waals surface area contributed by atoms with Crippen LogP contribution in [0.5, 0.6) is 11.5 Å². The first-order valence-corrected chi connectivity index (χ1v) is 8.33. The van der Waals surface area contributed by atoms with Gasteiger partial charge in [-0.15, -0.1) is 0 Å². The van der Waals surface area contributed by atoms with Gasteiger partial charge in [0, 0.05) is 5.02 Å². The third kappa shape index (κ3) is 4.52. The molecular weight excluding hydrogens is 356 g/mol. The van der Waals surface area contributed by atoms with Crippen LogP contribution in [-0.2, 0) is 4.79 Å². The van der Waals surface area contributed by atoms with E-state index in [0.717, 1.165) is 5.75 Å². The average molecular weight is 373 g/mol. The maximum Gasteiger partial charge on any atom is 0.262 e. The lowest BCUT2D eigenvalue weighted by atomic mass is 10.2. The smallest absolute Gasteiger partial charge is 0.262 e. The fourth-order valence-corrected chi connectivity index (χ4v) is 2.45. The highest BCUT2D eigenvalue weighted by molar-refractivity contribution is 6.31. The summed E-state index contributed by atoms with van der Waals surface area (Å²) in [6, 6.07) is 12.2. The lowest BCUT2D eigenvalue weighted by Gasteiger charge is -2.12. The SMILES string of the molecule is CCOc1ccc(OCC(=O)Nc2cc(Cl)ccc2-n2cncn2)cc1. The minimum absolute atomic E-state index is 0.142. The van der Waals surface area contributed by atoms with E-state index < -0.39 is 0 Å². The number of aromatic nitrogens is 3. The van der Waals surface area contributed by atoms with E-state index in [-0.39, 0.29) is 12.5 Å². The molecule has 0 bridgehead atoms. The Labute approximate surface area is 155 Å². The first-order chi connectivity index (χ1) is 12.7. The Morgan fingerprint density at radius 2 is 1.88 bits per heavy atom. The third-order valence-electron chi connectivity index (χ3n) is 3.40. The molecule has 0 atom stereocenters.